The Bertz CT molecular complexity index is 3060. The van der Waals surface area contributed by atoms with Crippen LogP contribution < -0.4 is 10.6 Å². The first-order valence-corrected chi connectivity index (χ1v) is 18.5. The van der Waals surface area contributed by atoms with Crippen molar-refractivity contribution in [2.45, 2.75) is 12.3 Å². The highest BCUT2D eigenvalue weighted by atomic mass is 15.3. The minimum atomic E-state index is -0.279. The summed E-state index contributed by atoms with van der Waals surface area (Å²) >= 11 is 0. The van der Waals surface area contributed by atoms with Crippen molar-refractivity contribution in [1.29, 1.82) is 0 Å². The molecule has 8 aromatic carbocycles. The van der Waals surface area contributed by atoms with Gasteiger partial charge in [0, 0.05) is 38.5 Å². The van der Waals surface area contributed by atoms with Crippen molar-refractivity contribution < 1.29 is 0 Å². The van der Waals surface area contributed by atoms with Crippen LogP contribution in [0.2, 0.25) is 0 Å². The minimum absolute atomic E-state index is 0.141. The van der Waals surface area contributed by atoms with Crippen molar-refractivity contribution >= 4 is 60.2 Å². The SMILES string of the molecule is c1ccc(C2=NC(c3cccc(-n4c5ccccc5c5cc6c7ccccc7n(-c7ccccc7)c6cc54)c3)NC(c3ccc4ccccc4c3)N2)cc1. The molecular formula is C49H35N5. The predicted octanol–water partition coefficient (Wildman–Crippen LogP) is 11.4. The molecule has 1 aliphatic rings. The van der Waals surface area contributed by atoms with E-state index in [1.807, 2.05) is 6.07 Å². The molecule has 0 fully saturated rings. The Kier molecular flexibility index (Phi) is 7.00. The molecule has 2 unspecified atom stereocenters. The zero-order valence-corrected chi connectivity index (χ0v) is 29.4. The number of aliphatic imine (C=N–C) groups is 1. The summed E-state index contributed by atoms with van der Waals surface area (Å²) in [6, 6.07) is 67.5. The summed E-state index contributed by atoms with van der Waals surface area (Å²) in [6.45, 7) is 0. The van der Waals surface area contributed by atoms with Gasteiger partial charge in [-0.15, -0.1) is 0 Å². The molecule has 0 aliphatic carbocycles. The van der Waals surface area contributed by atoms with Gasteiger partial charge in [-0.1, -0.05) is 133 Å². The number of fused-ring (bicyclic) bond motifs is 7. The highest BCUT2D eigenvalue weighted by molar-refractivity contribution is 6.19. The molecule has 2 aromatic heterocycles. The zero-order chi connectivity index (χ0) is 35.6. The van der Waals surface area contributed by atoms with Crippen molar-refractivity contribution in [3.05, 3.63) is 205 Å². The summed E-state index contributed by atoms with van der Waals surface area (Å²) in [6.07, 6.45) is -0.421. The first-order valence-electron chi connectivity index (χ1n) is 18.5. The highest BCUT2D eigenvalue weighted by Crippen LogP contribution is 2.40. The van der Waals surface area contributed by atoms with Gasteiger partial charge in [0.25, 0.3) is 0 Å². The first kappa shape index (κ1) is 30.7. The fourth-order valence-electron chi connectivity index (χ4n) is 8.43. The number of aromatic nitrogens is 2. The second-order valence-corrected chi connectivity index (χ2v) is 14.1. The number of nitrogens with zero attached hydrogens (tertiary/aromatic N) is 3. The van der Waals surface area contributed by atoms with Gasteiger partial charge in [-0.3, -0.25) is 5.32 Å². The van der Waals surface area contributed by atoms with Gasteiger partial charge in [-0.2, -0.15) is 0 Å². The van der Waals surface area contributed by atoms with Crippen LogP contribution in [0.25, 0.3) is 65.8 Å². The largest absolute Gasteiger partial charge is 0.350 e. The van der Waals surface area contributed by atoms with Crippen molar-refractivity contribution in [3.8, 4) is 11.4 Å². The number of benzene rings is 8. The van der Waals surface area contributed by atoms with Gasteiger partial charge in [0.1, 0.15) is 18.2 Å². The van der Waals surface area contributed by atoms with Crippen LogP contribution in [0, 0.1) is 0 Å². The van der Waals surface area contributed by atoms with Crippen LogP contribution in [0.5, 0.6) is 0 Å². The Labute approximate surface area is 312 Å². The average molecular weight is 694 g/mol. The third-order valence-electron chi connectivity index (χ3n) is 10.9. The summed E-state index contributed by atoms with van der Waals surface area (Å²) in [5.41, 5.74) is 10.3. The van der Waals surface area contributed by atoms with E-state index in [1.165, 1.54) is 59.9 Å². The van der Waals surface area contributed by atoms with E-state index in [4.69, 9.17) is 4.99 Å². The molecule has 2 atom stereocenters. The number of hydrogen-bond donors (Lipinski definition) is 2. The third-order valence-corrected chi connectivity index (χ3v) is 10.9. The van der Waals surface area contributed by atoms with Crippen molar-refractivity contribution in [3.63, 3.8) is 0 Å². The monoisotopic (exact) mass is 693 g/mol. The van der Waals surface area contributed by atoms with Gasteiger partial charge in [-0.05, 0) is 76.5 Å². The second kappa shape index (κ2) is 12.3. The number of nitrogens with one attached hydrogen (secondary N) is 2. The molecule has 10 aromatic rings. The molecule has 1 aliphatic heterocycles. The molecule has 54 heavy (non-hydrogen) atoms. The molecule has 0 spiro atoms. The molecule has 5 heteroatoms. The molecule has 0 radical (unpaired) electrons. The van der Waals surface area contributed by atoms with Gasteiger partial charge in [-0.25, -0.2) is 4.99 Å². The van der Waals surface area contributed by atoms with Crippen LogP contribution in [-0.4, -0.2) is 15.0 Å². The molecular weight excluding hydrogens is 659 g/mol. The van der Waals surface area contributed by atoms with Gasteiger partial charge in [0.05, 0.1) is 22.1 Å². The Balaban J connectivity index is 1.09. The van der Waals surface area contributed by atoms with E-state index in [-0.39, 0.29) is 12.3 Å². The highest BCUT2D eigenvalue weighted by Gasteiger charge is 2.26. The van der Waals surface area contributed by atoms with E-state index in [9.17, 15) is 0 Å². The minimum Gasteiger partial charge on any atom is -0.350 e. The van der Waals surface area contributed by atoms with Crippen LogP contribution in [0.4, 0.5) is 0 Å². The summed E-state index contributed by atoms with van der Waals surface area (Å²) in [7, 11) is 0. The van der Waals surface area contributed by atoms with Gasteiger partial charge in [0.2, 0.25) is 0 Å². The molecule has 2 N–H and O–H groups in total. The third kappa shape index (κ3) is 4.94. The van der Waals surface area contributed by atoms with Gasteiger partial charge in [0.15, 0.2) is 0 Å². The van der Waals surface area contributed by atoms with Crippen LogP contribution in [-0.2, 0) is 0 Å². The van der Waals surface area contributed by atoms with Crippen molar-refractivity contribution in [1.82, 2.24) is 19.8 Å². The number of amidine groups is 1. The molecule has 0 saturated heterocycles. The predicted molar refractivity (Wildman–Crippen MR) is 224 cm³/mol. The number of rotatable bonds is 5. The summed E-state index contributed by atoms with van der Waals surface area (Å²) in [4.78, 5) is 5.30. The number of para-hydroxylation sites is 3. The number of hydrogen-bond acceptors (Lipinski definition) is 3. The zero-order valence-electron chi connectivity index (χ0n) is 29.4. The second-order valence-electron chi connectivity index (χ2n) is 14.1. The lowest BCUT2D eigenvalue weighted by atomic mass is 10.0. The van der Waals surface area contributed by atoms with Crippen LogP contribution in [0.3, 0.4) is 0 Å². The average Bonchev–Trinajstić information content (AvgIpc) is 3.75. The lowest BCUT2D eigenvalue weighted by Gasteiger charge is -2.32. The maximum atomic E-state index is 5.30. The van der Waals surface area contributed by atoms with Crippen LogP contribution in [0.15, 0.2) is 193 Å². The molecule has 256 valence electrons. The maximum absolute atomic E-state index is 5.30. The van der Waals surface area contributed by atoms with E-state index in [0.717, 1.165) is 28.3 Å². The lowest BCUT2D eigenvalue weighted by Crippen LogP contribution is -2.44. The summed E-state index contributed by atoms with van der Waals surface area (Å²) < 4.78 is 4.82. The van der Waals surface area contributed by atoms with E-state index < -0.39 is 0 Å². The molecule has 11 rings (SSSR count). The quantitative estimate of drug-likeness (QED) is 0.188. The summed E-state index contributed by atoms with van der Waals surface area (Å²) in [5.74, 6) is 0.871. The van der Waals surface area contributed by atoms with Gasteiger partial charge >= 0.3 is 0 Å². The molecule has 0 amide bonds. The Hall–Kier alpha value is -6.95. The van der Waals surface area contributed by atoms with Crippen molar-refractivity contribution in [2.24, 2.45) is 4.99 Å². The first-order chi connectivity index (χ1) is 26.8. The van der Waals surface area contributed by atoms with E-state index in [1.54, 1.807) is 0 Å². The van der Waals surface area contributed by atoms with E-state index in [2.05, 4.69) is 202 Å². The van der Waals surface area contributed by atoms with Crippen molar-refractivity contribution in [2.75, 3.05) is 0 Å². The lowest BCUT2D eigenvalue weighted by molar-refractivity contribution is 0.409. The van der Waals surface area contributed by atoms with Crippen LogP contribution in [0.1, 0.15) is 29.0 Å². The summed E-state index contributed by atoms with van der Waals surface area (Å²) in [5, 5.41) is 15.0. The molecule has 0 saturated carbocycles. The molecule has 5 nitrogen and oxygen atoms in total. The Morgan fingerprint density at radius 2 is 1.02 bits per heavy atom. The topological polar surface area (TPSA) is 46.3 Å². The van der Waals surface area contributed by atoms with Gasteiger partial charge < -0.3 is 14.5 Å². The van der Waals surface area contributed by atoms with E-state index >= 15 is 0 Å². The fraction of sp³-hybridized carbons (Fsp3) is 0.0408. The standard InChI is InChI=1S/C49H35N5/c1-3-15-33(16-4-1)47-50-48(52-49(51-47)36-27-26-32-14-7-8-17-34(32)28-36)35-18-13-21-38(29-35)54-44-25-12-10-23-40(44)42-30-41-39-22-9-11-24-43(39)53(45(41)31-46(42)54)37-19-5-2-6-20-37/h1-31,48-49,52H,(H,50,51). The normalized spacial score (nSPS) is 16.0. The van der Waals surface area contributed by atoms with Crippen LogP contribution >= 0.6 is 0 Å². The fourth-order valence-corrected chi connectivity index (χ4v) is 8.43. The Morgan fingerprint density at radius 3 is 1.76 bits per heavy atom. The van der Waals surface area contributed by atoms with E-state index in [0.29, 0.717) is 0 Å². The molecule has 3 heterocycles. The Morgan fingerprint density at radius 1 is 0.407 bits per heavy atom. The maximum Gasteiger partial charge on any atom is 0.131 e. The molecule has 0 bridgehead atoms. The smallest absolute Gasteiger partial charge is 0.131 e.